The van der Waals surface area contributed by atoms with Crippen molar-refractivity contribution < 1.29 is 17.6 Å². The molecule has 0 bridgehead atoms. The van der Waals surface area contributed by atoms with E-state index in [1.54, 1.807) is 30.3 Å². The number of sulfonamides is 1. The Morgan fingerprint density at radius 1 is 1.26 bits per heavy atom. The number of hydrazone groups is 1. The molecule has 142 valence electrons. The maximum absolute atomic E-state index is 13.4. The summed E-state index contributed by atoms with van der Waals surface area (Å²) in [4.78, 5) is 12.0. The van der Waals surface area contributed by atoms with Gasteiger partial charge in [-0.05, 0) is 35.4 Å². The fourth-order valence-corrected chi connectivity index (χ4v) is 3.65. The quantitative estimate of drug-likeness (QED) is 0.838. The first-order chi connectivity index (χ1) is 12.6. The van der Waals surface area contributed by atoms with E-state index in [4.69, 9.17) is 11.6 Å². The molecule has 1 heterocycles. The second-order valence-electron chi connectivity index (χ2n) is 6.26. The van der Waals surface area contributed by atoms with Crippen molar-refractivity contribution in [2.45, 2.75) is 19.4 Å². The summed E-state index contributed by atoms with van der Waals surface area (Å²) in [6.07, 6.45) is 1.51. The van der Waals surface area contributed by atoms with Crippen molar-refractivity contribution in [3.05, 3.63) is 64.4 Å². The van der Waals surface area contributed by atoms with Crippen molar-refractivity contribution in [2.75, 3.05) is 11.0 Å². The molecule has 1 atom stereocenters. The maximum Gasteiger partial charge on any atom is 0.240 e. The molecule has 0 unspecified atom stereocenters. The minimum atomic E-state index is -3.36. The van der Waals surface area contributed by atoms with Crippen molar-refractivity contribution in [1.82, 2.24) is 5.01 Å². The van der Waals surface area contributed by atoms with Crippen LogP contribution in [0.3, 0.4) is 0 Å². The number of anilines is 1. The summed E-state index contributed by atoms with van der Waals surface area (Å²) in [7, 11) is -3.36. The Balaban J connectivity index is 1.87. The van der Waals surface area contributed by atoms with E-state index in [0.29, 0.717) is 23.4 Å². The predicted molar refractivity (Wildman–Crippen MR) is 103 cm³/mol. The maximum atomic E-state index is 13.4. The number of benzene rings is 2. The van der Waals surface area contributed by atoms with Crippen LogP contribution in [0.2, 0.25) is 5.02 Å². The molecule has 0 aliphatic carbocycles. The molecule has 0 aromatic heterocycles. The molecule has 1 aliphatic heterocycles. The van der Waals surface area contributed by atoms with E-state index in [1.165, 1.54) is 24.1 Å². The van der Waals surface area contributed by atoms with Crippen LogP contribution < -0.4 is 4.72 Å². The zero-order chi connectivity index (χ0) is 19.8. The molecular formula is C18H17ClFN3O3S. The lowest BCUT2D eigenvalue weighted by molar-refractivity contribution is -0.130. The lowest BCUT2D eigenvalue weighted by Crippen LogP contribution is -2.24. The predicted octanol–water partition coefficient (Wildman–Crippen LogP) is 3.55. The number of hydrogen-bond acceptors (Lipinski definition) is 4. The first-order valence-electron chi connectivity index (χ1n) is 8.04. The Bertz CT molecular complexity index is 1020. The minimum absolute atomic E-state index is 0.0133. The van der Waals surface area contributed by atoms with Crippen molar-refractivity contribution in [3.8, 4) is 0 Å². The third-order valence-corrected chi connectivity index (χ3v) is 4.98. The fourth-order valence-electron chi connectivity index (χ4n) is 2.90. The lowest BCUT2D eigenvalue weighted by Gasteiger charge is -2.20. The molecule has 0 radical (unpaired) electrons. The molecule has 9 heteroatoms. The summed E-state index contributed by atoms with van der Waals surface area (Å²) in [5.41, 5.74) is 2.55. The molecule has 27 heavy (non-hydrogen) atoms. The van der Waals surface area contributed by atoms with E-state index in [0.717, 1.165) is 11.8 Å². The molecule has 2 aromatic carbocycles. The van der Waals surface area contributed by atoms with Gasteiger partial charge in [-0.15, -0.1) is 0 Å². The molecule has 6 nitrogen and oxygen atoms in total. The average molecular weight is 410 g/mol. The van der Waals surface area contributed by atoms with E-state index in [2.05, 4.69) is 9.82 Å². The van der Waals surface area contributed by atoms with E-state index in [-0.39, 0.29) is 17.0 Å². The number of rotatable bonds is 4. The normalized spacial score (nSPS) is 17.0. The number of carbonyl (C=O) groups is 1. The number of nitrogens with one attached hydrogen (secondary N) is 1. The molecule has 0 saturated heterocycles. The Kier molecular flexibility index (Phi) is 5.21. The van der Waals surface area contributed by atoms with E-state index >= 15 is 0 Å². The Hall–Kier alpha value is -2.45. The zero-order valence-electron chi connectivity index (χ0n) is 14.6. The topological polar surface area (TPSA) is 78.8 Å². The number of halogens is 2. The highest BCUT2D eigenvalue weighted by atomic mass is 35.5. The Labute approximate surface area is 161 Å². The van der Waals surface area contributed by atoms with Gasteiger partial charge in [0.05, 0.1) is 23.0 Å². The van der Waals surface area contributed by atoms with Crippen molar-refractivity contribution in [1.29, 1.82) is 0 Å². The fraction of sp³-hybridized carbons (Fsp3) is 0.222. The van der Waals surface area contributed by atoms with Crippen LogP contribution in [0.5, 0.6) is 0 Å². The van der Waals surface area contributed by atoms with Crippen molar-refractivity contribution >= 4 is 38.9 Å². The average Bonchev–Trinajstić information content (AvgIpc) is 3.02. The summed E-state index contributed by atoms with van der Waals surface area (Å²) < 4.78 is 38.4. The van der Waals surface area contributed by atoms with Gasteiger partial charge in [0.15, 0.2) is 0 Å². The van der Waals surface area contributed by atoms with Crippen LogP contribution in [0.4, 0.5) is 10.1 Å². The van der Waals surface area contributed by atoms with E-state index in [9.17, 15) is 17.6 Å². The Morgan fingerprint density at radius 3 is 2.48 bits per heavy atom. The summed E-state index contributed by atoms with van der Waals surface area (Å²) >= 11 is 5.87. The minimum Gasteiger partial charge on any atom is -0.284 e. The largest absolute Gasteiger partial charge is 0.284 e. The molecule has 1 amide bonds. The molecule has 2 aromatic rings. The van der Waals surface area contributed by atoms with Gasteiger partial charge in [0.25, 0.3) is 0 Å². The second kappa shape index (κ2) is 7.28. The van der Waals surface area contributed by atoms with Crippen LogP contribution in [-0.2, 0) is 14.8 Å². The lowest BCUT2D eigenvalue weighted by atomic mass is 9.98. The summed E-state index contributed by atoms with van der Waals surface area (Å²) in [5.74, 6) is -0.770. The van der Waals surface area contributed by atoms with Gasteiger partial charge in [-0.1, -0.05) is 29.8 Å². The van der Waals surface area contributed by atoms with Gasteiger partial charge in [-0.25, -0.2) is 17.8 Å². The molecule has 0 spiro atoms. The van der Waals surface area contributed by atoms with Crippen molar-refractivity contribution in [3.63, 3.8) is 0 Å². The van der Waals surface area contributed by atoms with Gasteiger partial charge in [-0.2, -0.15) is 5.10 Å². The van der Waals surface area contributed by atoms with Gasteiger partial charge in [0.1, 0.15) is 5.82 Å². The summed E-state index contributed by atoms with van der Waals surface area (Å²) in [5, 5.41) is 5.73. The van der Waals surface area contributed by atoms with Gasteiger partial charge in [-0.3, -0.25) is 9.52 Å². The van der Waals surface area contributed by atoms with E-state index < -0.39 is 15.8 Å². The Morgan fingerprint density at radius 2 is 1.93 bits per heavy atom. The van der Waals surface area contributed by atoms with Crippen LogP contribution in [0, 0.1) is 5.82 Å². The van der Waals surface area contributed by atoms with E-state index in [1.807, 2.05) is 0 Å². The third kappa shape index (κ3) is 4.45. The van der Waals surface area contributed by atoms with Crippen LogP contribution in [0.25, 0.3) is 0 Å². The highest BCUT2D eigenvalue weighted by Gasteiger charge is 2.31. The van der Waals surface area contributed by atoms with Crippen LogP contribution in [0.15, 0.2) is 47.6 Å². The zero-order valence-corrected chi connectivity index (χ0v) is 16.2. The van der Waals surface area contributed by atoms with Gasteiger partial charge < -0.3 is 0 Å². The summed E-state index contributed by atoms with van der Waals surface area (Å²) in [6, 6.07) is 10.7. The highest BCUT2D eigenvalue weighted by Crippen LogP contribution is 2.34. The molecule has 0 fully saturated rings. The van der Waals surface area contributed by atoms with Gasteiger partial charge in [0, 0.05) is 19.0 Å². The molecular weight excluding hydrogens is 393 g/mol. The van der Waals surface area contributed by atoms with Gasteiger partial charge >= 0.3 is 0 Å². The number of carbonyl (C=O) groups excluding carboxylic acids is 1. The van der Waals surface area contributed by atoms with Gasteiger partial charge in [0.2, 0.25) is 15.9 Å². The first-order valence-corrected chi connectivity index (χ1v) is 10.3. The van der Waals surface area contributed by atoms with Crippen LogP contribution in [0.1, 0.15) is 30.5 Å². The second-order valence-corrected chi connectivity index (χ2v) is 8.41. The number of hydrogen-bond donors (Lipinski definition) is 1. The van der Waals surface area contributed by atoms with Crippen LogP contribution in [-0.4, -0.2) is 31.3 Å². The first kappa shape index (κ1) is 19.3. The summed E-state index contributed by atoms with van der Waals surface area (Å²) in [6.45, 7) is 1.41. The molecule has 3 rings (SSSR count). The smallest absolute Gasteiger partial charge is 0.240 e. The number of nitrogens with zero attached hydrogens (tertiary/aromatic N) is 2. The molecule has 1 aliphatic rings. The van der Waals surface area contributed by atoms with Crippen molar-refractivity contribution in [2.24, 2.45) is 5.10 Å². The highest BCUT2D eigenvalue weighted by molar-refractivity contribution is 7.92. The number of amides is 1. The molecule has 1 N–H and O–H groups in total. The van der Waals surface area contributed by atoms with Crippen LogP contribution >= 0.6 is 11.6 Å². The standard InChI is InChI=1S/C18H17ClFN3O3S/c1-11(24)23-18(13-5-8-16(20)15(19)9-13)10-17(21-23)12-3-6-14(7-4-12)22-27(2,25)26/h3-9,18,22H,10H2,1-2H3/t18-/m0/s1. The monoisotopic (exact) mass is 409 g/mol. The SMILES string of the molecule is CC(=O)N1N=C(c2ccc(NS(C)(=O)=O)cc2)C[C@H]1c1ccc(F)c(Cl)c1. The molecule has 0 saturated carbocycles. The third-order valence-electron chi connectivity index (χ3n) is 4.08.